The van der Waals surface area contributed by atoms with Crippen LogP contribution in [0.15, 0.2) is 54.6 Å². The first-order valence-electron chi connectivity index (χ1n) is 11.5. The van der Waals surface area contributed by atoms with Crippen LogP contribution in [0.2, 0.25) is 0 Å². The van der Waals surface area contributed by atoms with Crippen LogP contribution in [-0.2, 0) is 16.1 Å². The Bertz CT molecular complexity index is 895. The van der Waals surface area contributed by atoms with E-state index in [9.17, 15) is 9.59 Å². The average molecular weight is 437 g/mol. The lowest BCUT2D eigenvalue weighted by Crippen LogP contribution is -2.57. The molecule has 2 aromatic rings. The van der Waals surface area contributed by atoms with Crippen LogP contribution in [0.4, 0.5) is 5.69 Å². The zero-order chi connectivity index (χ0) is 22.3. The molecule has 0 unspecified atom stereocenters. The highest BCUT2D eigenvalue weighted by molar-refractivity contribution is 5.89. The quantitative estimate of drug-likeness (QED) is 0.720. The Morgan fingerprint density at radius 1 is 1.00 bits per heavy atom. The van der Waals surface area contributed by atoms with Crippen molar-refractivity contribution in [3.05, 3.63) is 60.2 Å². The van der Waals surface area contributed by atoms with E-state index in [-0.39, 0.29) is 18.2 Å². The third-order valence-corrected chi connectivity index (χ3v) is 6.18. The van der Waals surface area contributed by atoms with Crippen LogP contribution in [-0.4, -0.2) is 73.5 Å². The van der Waals surface area contributed by atoms with E-state index in [4.69, 9.17) is 4.74 Å². The van der Waals surface area contributed by atoms with Crippen molar-refractivity contribution in [2.75, 3.05) is 50.8 Å². The third-order valence-electron chi connectivity index (χ3n) is 6.18. The molecule has 7 heteroatoms. The fourth-order valence-corrected chi connectivity index (χ4v) is 4.41. The Labute approximate surface area is 189 Å². The second-order valence-electron chi connectivity index (χ2n) is 8.26. The molecule has 0 radical (unpaired) electrons. The molecule has 0 saturated carbocycles. The average Bonchev–Trinajstić information content (AvgIpc) is 2.83. The summed E-state index contributed by atoms with van der Waals surface area (Å²) in [6.45, 7) is 7.56. The molecular weight excluding hydrogens is 404 g/mol. The molecule has 4 rings (SSSR count). The number of amides is 2. The fraction of sp³-hybridized carbons (Fsp3) is 0.440. The van der Waals surface area contributed by atoms with Crippen molar-refractivity contribution in [1.29, 1.82) is 0 Å². The highest BCUT2D eigenvalue weighted by Crippen LogP contribution is 2.20. The van der Waals surface area contributed by atoms with Gasteiger partial charge in [-0.1, -0.05) is 30.3 Å². The molecule has 0 aliphatic carbocycles. The van der Waals surface area contributed by atoms with E-state index in [0.717, 1.165) is 30.9 Å². The molecule has 1 N–H and O–H groups in total. The second-order valence-corrected chi connectivity index (χ2v) is 8.26. The molecule has 2 heterocycles. The monoisotopic (exact) mass is 436 g/mol. The number of rotatable bonds is 7. The van der Waals surface area contributed by atoms with Crippen LogP contribution in [0.3, 0.4) is 0 Å². The Kier molecular flexibility index (Phi) is 7.27. The Morgan fingerprint density at radius 3 is 2.41 bits per heavy atom. The van der Waals surface area contributed by atoms with Gasteiger partial charge in [-0.25, -0.2) is 0 Å². The number of ether oxygens (including phenoxy) is 1. The maximum absolute atomic E-state index is 13.1. The van der Waals surface area contributed by atoms with Gasteiger partial charge in [0, 0.05) is 51.5 Å². The van der Waals surface area contributed by atoms with Crippen molar-refractivity contribution in [2.24, 2.45) is 0 Å². The summed E-state index contributed by atoms with van der Waals surface area (Å²) in [5.74, 6) is 0.837. The van der Waals surface area contributed by atoms with Crippen molar-refractivity contribution in [3.63, 3.8) is 0 Å². The van der Waals surface area contributed by atoms with Gasteiger partial charge < -0.3 is 19.9 Å². The fourth-order valence-electron chi connectivity index (χ4n) is 4.41. The molecule has 0 bridgehead atoms. The molecule has 2 saturated heterocycles. The van der Waals surface area contributed by atoms with Gasteiger partial charge in [-0.05, 0) is 36.8 Å². The van der Waals surface area contributed by atoms with Crippen molar-refractivity contribution in [3.8, 4) is 5.75 Å². The van der Waals surface area contributed by atoms with Crippen LogP contribution in [0, 0.1) is 0 Å². The highest BCUT2D eigenvalue weighted by Gasteiger charge is 2.33. The molecule has 2 aliphatic heterocycles. The van der Waals surface area contributed by atoms with Gasteiger partial charge in [-0.15, -0.1) is 0 Å². The van der Waals surface area contributed by atoms with Gasteiger partial charge in [0.15, 0.2) is 0 Å². The number of carbonyl (C=O) groups is 2. The lowest BCUT2D eigenvalue weighted by Gasteiger charge is -2.39. The van der Waals surface area contributed by atoms with Gasteiger partial charge in [0.05, 0.1) is 19.1 Å². The number of nitrogens with one attached hydrogen (secondary N) is 1. The minimum Gasteiger partial charge on any atom is -0.494 e. The smallest absolute Gasteiger partial charge is 0.237 e. The van der Waals surface area contributed by atoms with E-state index < -0.39 is 6.04 Å². The summed E-state index contributed by atoms with van der Waals surface area (Å²) in [4.78, 5) is 32.0. The lowest BCUT2D eigenvalue weighted by atomic mass is 10.1. The summed E-state index contributed by atoms with van der Waals surface area (Å²) in [6.07, 6.45) is 0.216. The number of benzene rings is 2. The molecule has 170 valence electrons. The van der Waals surface area contributed by atoms with E-state index >= 15 is 0 Å². The first kappa shape index (κ1) is 22.1. The van der Waals surface area contributed by atoms with Crippen LogP contribution in [0.1, 0.15) is 18.9 Å². The second kappa shape index (κ2) is 10.5. The summed E-state index contributed by atoms with van der Waals surface area (Å²) < 4.78 is 5.51. The first-order valence-corrected chi connectivity index (χ1v) is 11.5. The number of piperazine rings is 2. The van der Waals surface area contributed by atoms with Crippen molar-refractivity contribution in [1.82, 2.24) is 15.1 Å². The molecule has 7 nitrogen and oxygen atoms in total. The molecular formula is C25H32N4O3. The van der Waals surface area contributed by atoms with Gasteiger partial charge in [0.1, 0.15) is 5.75 Å². The van der Waals surface area contributed by atoms with Gasteiger partial charge >= 0.3 is 0 Å². The minimum atomic E-state index is -0.435. The van der Waals surface area contributed by atoms with Crippen molar-refractivity contribution < 1.29 is 14.3 Å². The number of carbonyl (C=O) groups excluding carboxylic acids is 2. The number of para-hydroxylation sites is 1. The summed E-state index contributed by atoms with van der Waals surface area (Å²) >= 11 is 0. The molecule has 1 atom stereocenters. The van der Waals surface area contributed by atoms with E-state index in [2.05, 4.69) is 27.2 Å². The zero-order valence-corrected chi connectivity index (χ0v) is 18.7. The van der Waals surface area contributed by atoms with Crippen LogP contribution in [0.5, 0.6) is 5.75 Å². The molecule has 2 aromatic carbocycles. The number of nitrogens with zero attached hydrogens (tertiary/aromatic N) is 3. The van der Waals surface area contributed by atoms with Crippen molar-refractivity contribution in [2.45, 2.75) is 25.9 Å². The lowest BCUT2D eigenvalue weighted by molar-refractivity contribution is -0.139. The molecule has 0 spiro atoms. The Hall–Kier alpha value is -3.06. The highest BCUT2D eigenvalue weighted by atomic mass is 16.5. The maximum atomic E-state index is 13.1. The topological polar surface area (TPSA) is 65.1 Å². The molecule has 32 heavy (non-hydrogen) atoms. The number of hydrogen-bond acceptors (Lipinski definition) is 5. The van der Waals surface area contributed by atoms with E-state index in [1.165, 1.54) is 5.69 Å². The largest absolute Gasteiger partial charge is 0.494 e. The molecule has 2 fully saturated rings. The molecule has 2 amide bonds. The predicted octanol–water partition coefficient (Wildman–Crippen LogP) is 2.12. The summed E-state index contributed by atoms with van der Waals surface area (Å²) in [6, 6.07) is 17.8. The summed E-state index contributed by atoms with van der Waals surface area (Å²) in [5, 5.41) is 2.93. The Morgan fingerprint density at radius 2 is 1.72 bits per heavy atom. The minimum absolute atomic E-state index is 0.0523. The number of hydrogen-bond donors (Lipinski definition) is 1. The van der Waals surface area contributed by atoms with Crippen LogP contribution < -0.4 is 15.0 Å². The van der Waals surface area contributed by atoms with Crippen LogP contribution in [0.25, 0.3) is 0 Å². The standard InChI is InChI=1S/C25H32N4O3/c1-2-32-22-10-8-20(9-11-22)19-29-13-12-26-25(31)23(29)18-24(30)28-16-14-27(15-17-28)21-6-4-3-5-7-21/h3-11,23H,2,12-19H2,1H3,(H,26,31)/t23-/m0/s1. The summed E-state index contributed by atoms with van der Waals surface area (Å²) in [7, 11) is 0. The van der Waals surface area contributed by atoms with E-state index in [1.807, 2.05) is 54.3 Å². The summed E-state index contributed by atoms with van der Waals surface area (Å²) in [5.41, 5.74) is 2.30. The van der Waals surface area contributed by atoms with Crippen LogP contribution >= 0.6 is 0 Å². The normalized spacial score (nSPS) is 19.5. The van der Waals surface area contributed by atoms with Crippen molar-refractivity contribution >= 4 is 17.5 Å². The third kappa shape index (κ3) is 5.40. The van der Waals surface area contributed by atoms with Gasteiger partial charge in [-0.3, -0.25) is 14.5 Å². The molecule has 0 aromatic heterocycles. The van der Waals surface area contributed by atoms with Gasteiger partial charge in [-0.2, -0.15) is 0 Å². The molecule has 2 aliphatic rings. The number of anilines is 1. The SMILES string of the molecule is CCOc1ccc(CN2CCNC(=O)[C@@H]2CC(=O)N2CCN(c3ccccc3)CC2)cc1. The zero-order valence-electron chi connectivity index (χ0n) is 18.7. The predicted molar refractivity (Wildman–Crippen MR) is 125 cm³/mol. The van der Waals surface area contributed by atoms with Gasteiger partial charge in [0.25, 0.3) is 0 Å². The first-order chi connectivity index (χ1) is 15.6. The van der Waals surface area contributed by atoms with E-state index in [1.54, 1.807) is 0 Å². The van der Waals surface area contributed by atoms with E-state index in [0.29, 0.717) is 32.8 Å². The maximum Gasteiger partial charge on any atom is 0.237 e. The Balaban J connectivity index is 1.34. The van der Waals surface area contributed by atoms with Gasteiger partial charge in [0.2, 0.25) is 11.8 Å².